The SMILES string of the molecule is CSC1(c2cc(N)nc(C3=CNCN=C3)n2)CCCC1. The molecular weight excluding hydrogens is 270 g/mol. The van der Waals surface area contributed by atoms with E-state index >= 15 is 0 Å². The fourth-order valence-electron chi connectivity index (χ4n) is 2.85. The van der Waals surface area contributed by atoms with Gasteiger partial charge in [0.25, 0.3) is 0 Å². The van der Waals surface area contributed by atoms with Crippen molar-refractivity contribution in [1.82, 2.24) is 15.3 Å². The van der Waals surface area contributed by atoms with Gasteiger partial charge in [-0.1, -0.05) is 12.8 Å². The van der Waals surface area contributed by atoms with Gasteiger partial charge in [-0.2, -0.15) is 11.8 Å². The van der Waals surface area contributed by atoms with Gasteiger partial charge >= 0.3 is 0 Å². The molecular formula is C14H19N5S. The fraction of sp³-hybridized carbons (Fsp3) is 0.500. The van der Waals surface area contributed by atoms with Gasteiger partial charge < -0.3 is 11.1 Å². The van der Waals surface area contributed by atoms with Crippen molar-refractivity contribution in [2.24, 2.45) is 4.99 Å². The van der Waals surface area contributed by atoms with E-state index < -0.39 is 0 Å². The number of anilines is 1. The number of nitrogens with zero attached hydrogens (tertiary/aromatic N) is 3. The molecule has 1 saturated carbocycles. The number of aliphatic imine (C=N–C) groups is 1. The molecule has 0 amide bonds. The average Bonchev–Trinajstić information content (AvgIpc) is 2.98. The van der Waals surface area contributed by atoms with E-state index in [0.29, 0.717) is 18.3 Å². The molecule has 1 aliphatic heterocycles. The maximum absolute atomic E-state index is 5.99. The van der Waals surface area contributed by atoms with E-state index in [9.17, 15) is 0 Å². The maximum Gasteiger partial charge on any atom is 0.164 e. The van der Waals surface area contributed by atoms with Crippen molar-refractivity contribution < 1.29 is 0 Å². The summed E-state index contributed by atoms with van der Waals surface area (Å²) in [6.45, 7) is 0.605. The number of thioether (sulfide) groups is 1. The first-order valence-corrected chi connectivity index (χ1v) is 8.10. The first-order valence-electron chi connectivity index (χ1n) is 6.87. The Kier molecular flexibility index (Phi) is 3.65. The highest BCUT2D eigenvalue weighted by atomic mass is 32.2. The zero-order chi connectivity index (χ0) is 14.0. The number of nitrogens with two attached hydrogens (primary N) is 1. The van der Waals surface area contributed by atoms with E-state index in [1.165, 1.54) is 12.8 Å². The molecule has 5 nitrogen and oxygen atoms in total. The molecule has 1 aromatic heterocycles. The summed E-state index contributed by atoms with van der Waals surface area (Å²) in [5, 5.41) is 3.08. The van der Waals surface area contributed by atoms with Crippen LogP contribution in [0.4, 0.5) is 5.82 Å². The molecule has 1 aromatic rings. The van der Waals surface area contributed by atoms with Crippen LogP contribution in [-0.2, 0) is 4.75 Å². The van der Waals surface area contributed by atoms with Crippen molar-refractivity contribution in [1.29, 1.82) is 0 Å². The molecule has 2 heterocycles. The van der Waals surface area contributed by atoms with Crippen LogP contribution in [0.5, 0.6) is 0 Å². The lowest BCUT2D eigenvalue weighted by Gasteiger charge is -2.26. The van der Waals surface area contributed by atoms with Crippen molar-refractivity contribution in [3.8, 4) is 0 Å². The highest BCUT2D eigenvalue weighted by Gasteiger charge is 2.36. The number of nitrogen functional groups attached to an aromatic ring is 1. The number of aromatic nitrogens is 2. The topological polar surface area (TPSA) is 76.2 Å². The molecule has 0 spiro atoms. The third-order valence-electron chi connectivity index (χ3n) is 3.94. The smallest absolute Gasteiger partial charge is 0.164 e. The summed E-state index contributed by atoms with van der Waals surface area (Å²) in [5.74, 6) is 1.20. The summed E-state index contributed by atoms with van der Waals surface area (Å²) in [6, 6.07) is 1.93. The van der Waals surface area contributed by atoms with Crippen LogP contribution in [0.1, 0.15) is 37.2 Å². The lowest BCUT2D eigenvalue weighted by atomic mass is 10.0. The Bertz CT molecular complexity index is 561. The minimum Gasteiger partial charge on any atom is -0.384 e. The van der Waals surface area contributed by atoms with E-state index in [0.717, 1.165) is 24.1 Å². The number of rotatable bonds is 3. The minimum atomic E-state index is 0.103. The number of allylic oxidation sites excluding steroid dienone is 1. The van der Waals surface area contributed by atoms with Crippen LogP contribution in [0.3, 0.4) is 0 Å². The quantitative estimate of drug-likeness (QED) is 0.892. The minimum absolute atomic E-state index is 0.103. The first kappa shape index (κ1) is 13.4. The second-order valence-electron chi connectivity index (χ2n) is 5.18. The lowest BCUT2D eigenvalue weighted by Crippen LogP contribution is -2.21. The predicted molar refractivity (Wildman–Crippen MR) is 84.6 cm³/mol. The Labute approximate surface area is 123 Å². The molecule has 106 valence electrons. The Morgan fingerprint density at radius 3 is 2.75 bits per heavy atom. The number of hydrogen-bond acceptors (Lipinski definition) is 6. The van der Waals surface area contributed by atoms with Crippen LogP contribution < -0.4 is 11.1 Å². The normalized spacial score (nSPS) is 20.6. The molecule has 3 rings (SSSR count). The number of hydrogen-bond donors (Lipinski definition) is 2. The van der Waals surface area contributed by atoms with Crippen molar-refractivity contribution in [2.75, 3.05) is 18.7 Å². The average molecular weight is 289 g/mol. The van der Waals surface area contributed by atoms with Gasteiger partial charge in [0, 0.05) is 18.5 Å². The summed E-state index contributed by atoms with van der Waals surface area (Å²) in [6.07, 6.45) is 10.7. The third kappa shape index (κ3) is 2.40. The molecule has 20 heavy (non-hydrogen) atoms. The molecule has 6 heteroatoms. The van der Waals surface area contributed by atoms with Crippen LogP contribution >= 0.6 is 11.8 Å². The van der Waals surface area contributed by atoms with E-state index in [1.54, 1.807) is 6.21 Å². The van der Waals surface area contributed by atoms with E-state index in [1.807, 2.05) is 24.0 Å². The molecule has 0 atom stereocenters. The highest BCUT2D eigenvalue weighted by Crippen LogP contribution is 2.48. The van der Waals surface area contributed by atoms with Gasteiger partial charge in [-0.15, -0.1) is 0 Å². The van der Waals surface area contributed by atoms with Gasteiger partial charge in [-0.25, -0.2) is 9.97 Å². The van der Waals surface area contributed by atoms with Gasteiger partial charge in [0.05, 0.1) is 16.0 Å². The fourth-order valence-corrected chi connectivity index (χ4v) is 3.86. The summed E-state index contributed by atoms with van der Waals surface area (Å²) in [4.78, 5) is 13.3. The highest BCUT2D eigenvalue weighted by molar-refractivity contribution is 7.99. The summed E-state index contributed by atoms with van der Waals surface area (Å²) in [7, 11) is 0. The lowest BCUT2D eigenvalue weighted by molar-refractivity contribution is 0.628. The Balaban J connectivity index is 2.02. The molecule has 0 bridgehead atoms. The van der Waals surface area contributed by atoms with Crippen molar-refractivity contribution >= 4 is 29.4 Å². The maximum atomic E-state index is 5.99. The van der Waals surface area contributed by atoms with Gasteiger partial charge in [0.2, 0.25) is 0 Å². The van der Waals surface area contributed by atoms with Crippen LogP contribution in [0.25, 0.3) is 5.57 Å². The molecule has 1 fully saturated rings. The van der Waals surface area contributed by atoms with Crippen LogP contribution in [0, 0.1) is 0 Å². The monoisotopic (exact) mass is 289 g/mol. The van der Waals surface area contributed by atoms with E-state index in [4.69, 9.17) is 10.7 Å². The predicted octanol–water partition coefficient (Wildman–Crippen LogP) is 2.16. The molecule has 0 unspecified atom stereocenters. The third-order valence-corrected chi connectivity index (χ3v) is 5.34. The van der Waals surface area contributed by atoms with Gasteiger partial charge in [0.15, 0.2) is 5.82 Å². The summed E-state index contributed by atoms with van der Waals surface area (Å²) < 4.78 is 0.103. The van der Waals surface area contributed by atoms with Crippen molar-refractivity contribution in [3.05, 3.63) is 23.8 Å². The Morgan fingerprint density at radius 1 is 1.30 bits per heavy atom. The molecule has 0 saturated heterocycles. The Morgan fingerprint density at radius 2 is 2.10 bits per heavy atom. The van der Waals surface area contributed by atoms with Gasteiger partial charge in [-0.3, -0.25) is 4.99 Å². The van der Waals surface area contributed by atoms with E-state index in [-0.39, 0.29) is 4.75 Å². The number of nitrogens with one attached hydrogen (secondary N) is 1. The standard InChI is InChI=1S/C14H19N5S/c1-20-14(4-2-3-5-14)11-6-12(15)19-13(18-11)10-7-16-9-17-8-10/h6-8,16H,2-5,9H2,1H3,(H2,15,18,19). The molecule has 0 radical (unpaired) electrons. The van der Waals surface area contributed by atoms with Crippen LogP contribution in [0.15, 0.2) is 17.3 Å². The first-order chi connectivity index (χ1) is 9.73. The van der Waals surface area contributed by atoms with Crippen molar-refractivity contribution in [3.63, 3.8) is 0 Å². The van der Waals surface area contributed by atoms with Crippen LogP contribution in [-0.4, -0.2) is 29.1 Å². The van der Waals surface area contributed by atoms with Crippen molar-refractivity contribution in [2.45, 2.75) is 30.4 Å². The molecule has 2 aliphatic rings. The summed E-state index contributed by atoms with van der Waals surface area (Å²) >= 11 is 1.88. The van der Waals surface area contributed by atoms with Crippen LogP contribution in [0.2, 0.25) is 0 Å². The van der Waals surface area contributed by atoms with Gasteiger partial charge in [-0.05, 0) is 19.1 Å². The zero-order valence-electron chi connectivity index (χ0n) is 11.6. The molecule has 3 N–H and O–H groups in total. The summed E-state index contributed by atoms with van der Waals surface area (Å²) in [5.41, 5.74) is 7.94. The Hall–Kier alpha value is -1.56. The largest absolute Gasteiger partial charge is 0.384 e. The van der Waals surface area contributed by atoms with E-state index in [2.05, 4.69) is 21.5 Å². The zero-order valence-corrected chi connectivity index (χ0v) is 12.4. The molecule has 1 aliphatic carbocycles. The second-order valence-corrected chi connectivity index (χ2v) is 6.37. The second kappa shape index (κ2) is 5.44. The molecule has 0 aromatic carbocycles. The van der Waals surface area contributed by atoms with Gasteiger partial charge in [0.1, 0.15) is 12.5 Å².